The van der Waals surface area contributed by atoms with E-state index < -0.39 is 6.04 Å². The topological polar surface area (TPSA) is 76.4 Å². The van der Waals surface area contributed by atoms with Gasteiger partial charge in [-0.15, -0.1) is 0 Å². The fraction of sp³-hybridized carbons (Fsp3) is 0.367. The lowest BCUT2D eigenvalue weighted by Crippen LogP contribution is -2.52. The molecule has 3 aromatic carbocycles. The number of rotatable bonds is 7. The maximum atomic E-state index is 13.5. The van der Waals surface area contributed by atoms with Crippen molar-refractivity contribution >= 4 is 22.6 Å². The molecule has 1 unspecified atom stereocenters. The third-order valence-electron chi connectivity index (χ3n) is 6.82. The summed E-state index contributed by atoms with van der Waals surface area (Å²) in [5.74, 6) is -0.136. The Hall–Kier alpha value is -3.69. The Balaban J connectivity index is 1.34. The van der Waals surface area contributed by atoms with Crippen LogP contribution < -0.4 is 5.32 Å². The standard InChI is InChI=1S/C30H34N4O2/c1-22(2)29(32-28(35)19-25-12-13-26-6-3-4-7-27(26)18-25)30(36)34-15-5-14-33(16-17-34)21-24-10-8-23(20-31)9-11-24/h3-4,6-13,18,22,29H,5,14-17,19,21H2,1-2H3,(H,32,35). The van der Waals surface area contributed by atoms with Gasteiger partial charge in [0.2, 0.25) is 11.8 Å². The molecule has 1 aliphatic rings. The number of nitrogens with zero attached hydrogens (tertiary/aromatic N) is 3. The van der Waals surface area contributed by atoms with E-state index in [0.717, 1.165) is 48.0 Å². The maximum absolute atomic E-state index is 13.5. The smallest absolute Gasteiger partial charge is 0.245 e. The van der Waals surface area contributed by atoms with Crippen molar-refractivity contribution in [2.45, 2.75) is 39.3 Å². The van der Waals surface area contributed by atoms with Gasteiger partial charge in [0.15, 0.2) is 0 Å². The van der Waals surface area contributed by atoms with E-state index in [1.807, 2.05) is 79.4 Å². The average Bonchev–Trinajstić information content (AvgIpc) is 3.12. The first-order valence-corrected chi connectivity index (χ1v) is 12.7. The molecule has 0 radical (unpaired) electrons. The van der Waals surface area contributed by atoms with Crippen molar-refractivity contribution in [1.29, 1.82) is 5.26 Å². The molecule has 1 heterocycles. The monoisotopic (exact) mass is 482 g/mol. The minimum atomic E-state index is -0.539. The van der Waals surface area contributed by atoms with Crippen LogP contribution in [0, 0.1) is 17.2 Å². The highest BCUT2D eigenvalue weighted by Gasteiger charge is 2.29. The predicted molar refractivity (Wildman–Crippen MR) is 142 cm³/mol. The molecule has 1 aliphatic heterocycles. The lowest BCUT2D eigenvalue weighted by molar-refractivity contribution is -0.137. The van der Waals surface area contributed by atoms with Gasteiger partial charge in [-0.05, 0) is 46.4 Å². The number of carbonyl (C=O) groups excluding carboxylic acids is 2. The second kappa shape index (κ2) is 11.8. The van der Waals surface area contributed by atoms with Gasteiger partial charge in [-0.1, -0.05) is 68.4 Å². The zero-order valence-corrected chi connectivity index (χ0v) is 21.1. The summed E-state index contributed by atoms with van der Waals surface area (Å²) in [7, 11) is 0. The summed E-state index contributed by atoms with van der Waals surface area (Å²) >= 11 is 0. The molecular weight excluding hydrogens is 448 g/mol. The molecule has 0 bridgehead atoms. The maximum Gasteiger partial charge on any atom is 0.245 e. The van der Waals surface area contributed by atoms with Crippen molar-refractivity contribution in [2.75, 3.05) is 26.2 Å². The van der Waals surface area contributed by atoms with Crippen LogP contribution in [0.1, 0.15) is 37.0 Å². The van der Waals surface area contributed by atoms with Gasteiger partial charge in [-0.2, -0.15) is 5.26 Å². The molecule has 1 atom stereocenters. The molecule has 1 N–H and O–H groups in total. The van der Waals surface area contributed by atoms with E-state index >= 15 is 0 Å². The van der Waals surface area contributed by atoms with Crippen molar-refractivity contribution in [3.63, 3.8) is 0 Å². The third-order valence-corrected chi connectivity index (χ3v) is 6.82. The van der Waals surface area contributed by atoms with Gasteiger partial charge in [0.1, 0.15) is 6.04 Å². The van der Waals surface area contributed by atoms with Gasteiger partial charge < -0.3 is 10.2 Å². The van der Waals surface area contributed by atoms with Gasteiger partial charge >= 0.3 is 0 Å². The molecule has 186 valence electrons. The number of benzene rings is 3. The van der Waals surface area contributed by atoms with Crippen molar-refractivity contribution in [3.05, 3.63) is 83.4 Å². The molecule has 4 rings (SSSR count). The zero-order valence-electron chi connectivity index (χ0n) is 21.1. The Kier molecular flexibility index (Phi) is 8.35. The lowest BCUT2D eigenvalue weighted by atomic mass is 10.0. The van der Waals surface area contributed by atoms with E-state index in [-0.39, 0.29) is 24.2 Å². The quantitative estimate of drug-likeness (QED) is 0.549. The summed E-state index contributed by atoms with van der Waals surface area (Å²) in [6.07, 6.45) is 1.14. The summed E-state index contributed by atoms with van der Waals surface area (Å²) < 4.78 is 0. The van der Waals surface area contributed by atoms with Crippen LogP contribution in [0.3, 0.4) is 0 Å². The SMILES string of the molecule is CC(C)C(NC(=O)Cc1ccc2ccccc2c1)C(=O)N1CCCN(Cc2ccc(C#N)cc2)CC1. The van der Waals surface area contributed by atoms with Crippen molar-refractivity contribution in [3.8, 4) is 6.07 Å². The highest BCUT2D eigenvalue weighted by atomic mass is 16.2. The summed E-state index contributed by atoms with van der Waals surface area (Å²) in [5, 5.41) is 14.3. The molecular formula is C30H34N4O2. The van der Waals surface area contributed by atoms with E-state index in [0.29, 0.717) is 18.7 Å². The normalized spacial score (nSPS) is 15.3. The van der Waals surface area contributed by atoms with Gasteiger partial charge in [-0.25, -0.2) is 0 Å². The van der Waals surface area contributed by atoms with Gasteiger partial charge in [0.05, 0.1) is 18.1 Å². The van der Waals surface area contributed by atoms with Crippen LogP contribution in [0.25, 0.3) is 10.8 Å². The molecule has 6 heteroatoms. The van der Waals surface area contributed by atoms with Crippen LogP contribution in [0.4, 0.5) is 0 Å². The highest BCUT2D eigenvalue weighted by Crippen LogP contribution is 2.17. The molecule has 0 aromatic heterocycles. The second-order valence-electron chi connectivity index (χ2n) is 9.91. The van der Waals surface area contributed by atoms with Crippen LogP contribution in [-0.4, -0.2) is 53.8 Å². The average molecular weight is 483 g/mol. The molecule has 36 heavy (non-hydrogen) atoms. The van der Waals surface area contributed by atoms with Crippen LogP contribution in [0.15, 0.2) is 66.7 Å². The molecule has 3 aromatic rings. The number of hydrogen-bond acceptors (Lipinski definition) is 4. The molecule has 2 amide bonds. The minimum absolute atomic E-state index is 0.00270. The summed E-state index contributed by atoms with van der Waals surface area (Å²) in [5.41, 5.74) is 2.76. The van der Waals surface area contributed by atoms with E-state index in [9.17, 15) is 9.59 Å². The molecule has 0 aliphatic carbocycles. The predicted octanol–water partition coefficient (Wildman–Crippen LogP) is 4.13. The Labute approximate surface area is 213 Å². The number of hydrogen-bond donors (Lipinski definition) is 1. The van der Waals surface area contributed by atoms with Gasteiger partial charge in [0.25, 0.3) is 0 Å². The number of nitrogens with one attached hydrogen (secondary N) is 1. The summed E-state index contributed by atoms with van der Waals surface area (Å²) in [6.45, 7) is 7.77. The largest absolute Gasteiger partial charge is 0.344 e. The Morgan fingerprint density at radius 1 is 0.917 bits per heavy atom. The summed E-state index contributed by atoms with van der Waals surface area (Å²) in [6, 6.07) is 23.4. The summed E-state index contributed by atoms with van der Waals surface area (Å²) in [4.78, 5) is 30.6. The fourth-order valence-corrected chi connectivity index (χ4v) is 4.76. The molecule has 6 nitrogen and oxygen atoms in total. The Bertz CT molecular complexity index is 1250. The number of nitriles is 1. The molecule has 1 saturated heterocycles. The van der Waals surface area contributed by atoms with Crippen molar-refractivity contribution in [1.82, 2.24) is 15.1 Å². The zero-order chi connectivity index (χ0) is 25.5. The van der Waals surface area contributed by atoms with E-state index in [4.69, 9.17) is 5.26 Å². The molecule has 0 saturated carbocycles. The van der Waals surface area contributed by atoms with E-state index in [2.05, 4.69) is 22.4 Å². The highest BCUT2D eigenvalue weighted by molar-refractivity contribution is 5.89. The Morgan fingerprint density at radius 2 is 1.64 bits per heavy atom. The van der Waals surface area contributed by atoms with Crippen LogP contribution >= 0.6 is 0 Å². The molecule has 0 spiro atoms. The first-order valence-electron chi connectivity index (χ1n) is 12.7. The first kappa shape index (κ1) is 25.4. The number of amides is 2. The lowest BCUT2D eigenvalue weighted by Gasteiger charge is -2.29. The van der Waals surface area contributed by atoms with E-state index in [1.54, 1.807) is 0 Å². The van der Waals surface area contributed by atoms with Gasteiger partial charge in [0, 0.05) is 32.7 Å². The number of carbonyl (C=O) groups is 2. The van der Waals surface area contributed by atoms with Crippen LogP contribution in [-0.2, 0) is 22.6 Å². The van der Waals surface area contributed by atoms with Crippen LogP contribution in [0.5, 0.6) is 0 Å². The fourth-order valence-electron chi connectivity index (χ4n) is 4.76. The van der Waals surface area contributed by atoms with Crippen molar-refractivity contribution in [2.24, 2.45) is 5.92 Å². The Morgan fingerprint density at radius 3 is 2.36 bits per heavy atom. The second-order valence-corrected chi connectivity index (χ2v) is 9.91. The minimum Gasteiger partial charge on any atom is -0.344 e. The number of fused-ring (bicyclic) bond motifs is 1. The first-order chi connectivity index (χ1) is 17.4. The third kappa shape index (κ3) is 6.50. The molecule has 1 fully saturated rings. The van der Waals surface area contributed by atoms with Crippen molar-refractivity contribution < 1.29 is 9.59 Å². The van der Waals surface area contributed by atoms with E-state index in [1.165, 1.54) is 0 Å². The van der Waals surface area contributed by atoms with Crippen LogP contribution in [0.2, 0.25) is 0 Å². The van der Waals surface area contributed by atoms with Gasteiger partial charge in [-0.3, -0.25) is 14.5 Å².